The molecule has 0 bridgehead atoms. The SMILES string of the molecule is CN(CC(=O)c1ccc(Br)cc1)CC(F)(F)F. The number of likely N-dealkylation sites (N-methyl/N-ethyl adjacent to an activating group) is 1. The second-order valence-electron chi connectivity index (χ2n) is 3.72. The first-order valence-corrected chi connectivity index (χ1v) is 5.61. The van der Waals surface area contributed by atoms with Crippen molar-refractivity contribution in [2.45, 2.75) is 6.18 Å². The molecule has 0 aliphatic heterocycles. The zero-order valence-electron chi connectivity index (χ0n) is 9.09. The average Bonchev–Trinajstić information content (AvgIpc) is 2.15. The van der Waals surface area contributed by atoms with Crippen LogP contribution in [0.1, 0.15) is 10.4 Å². The Morgan fingerprint density at radius 3 is 2.29 bits per heavy atom. The topological polar surface area (TPSA) is 20.3 Å². The largest absolute Gasteiger partial charge is 0.401 e. The highest BCUT2D eigenvalue weighted by atomic mass is 79.9. The van der Waals surface area contributed by atoms with E-state index in [1.807, 2.05) is 0 Å². The molecular weight excluding hydrogens is 299 g/mol. The molecule has 0 saturated carbocycles. The molecule has 0 radical (unpaired) electrons. The van der Waals surface area contributed by atoms with E-state index < -0.39 is 12.7 Å². The van der Waals surface area contributed by atoms with Crippen LogP contribution in [0.4, 0.5) is 13.2 Å². The summed E-state index contributed by atoms with van der Waals surface area (Å²) in [6.07, 6.45) is -4.28. The summed E-state index contributed by atoms with van der Waals surface area (Å²) in [6, 6.07) is 6.51. The molecule has 0 amide bonds. The van der Waals surface area contributed by atoms with Gasteiger partial charge < -0.3 is 0 Å². The fraction of sp³-hybridized carbons (Fsp3) is 0.364. The number of Topliss-reactive ketones (excluding diaryl/α,β-unsaturated/α-hetero) is 1. The number of hydrogen-bond acceptors (Lipinski definition) is 2. The summed E-state index contributed by atoms with van der Waals surface area (Å²) < 4.78 is 37.0. The van der Waals surface area contributed by atoms with Crippen molar-refractivity contribution in [2.75, 3.05) is 20.1 Å². The molecule has 0 heterocycles. The number of alkyl halides is 3. The predicted molar refractivity (Wildman–Crippen MR) is 62.0 cm³/mol. The monoisotopic (exact) mass is 309 g/mol. The number of carbonyl (C=O) groups is 1. The lowest BCUT2D eigenvalue weighted by Gasteiger charge is -2.17. The summed E-state index contributed by atoms with van der Waals surface area (Å²) in [6.45, 7) is -1.34. The summed E-state index contributed by atoms with van der Waals surface area (Å²) in [5, 5.41) is 0. The highest BCUT2D eigenvalue weighted by Crippen LogP contribution is 2.16. The van der Waals surface area contributed by atoms with E-state index in [0.717, 1.165) is 9.37 Å². The second-order valence-corrected chi connectivity index (χ2v) is 4.63. The Balaban J connectivity index is 2.57. The molecule has 0 aliphatic rings. The summed E-state index contributed by atoms with van der Waals surface area (Å²) in [5.41, 5.74) is 0.405. The molecule has 0 fully saturated rings. The van der Waals surface area contributed by atoms with Crippen molar-refractivity contribution in [1.82, 2.24) is 4.90 Å². The van der Waals surface area contributed by atoms with Crippen LogP contribution in [0.15, 0.2) is 28.7 Å². The molecule has 1 aromatic rings. The molecule has 0 N–H and O–H groups in total. The molecule has 0 atom stereocenters. The molecule has 0 spiro atoms. The fourth-order valence-corrected chi connectivity index (χ4v) is 1.60. The highest BCUT2D eigenvalue weighted by molar-refractivity contribution is 9.10. The summed E-state index contributed by atoms with van der Waals surface area (Å²) in [4.78, 5) is 12.6. The molecule has 0 aromatic heterocycles. The molecular formula is C11H11BrF3NO. The first-order chi connectivity index (χ1) is 7.78. The number of ketones is 1. The van der Waals surface area contributed by atoms with Crippen molar-refractivity contribution in [3.8, 4) is 0 Å². The van der Waals surface area contributed by atoms with E-state index in [-0.39, 0.29) is 12.3 Å². The van der Waals surface area contributed by atoms with E-state index >= 15 is 0 Å². The average molecular weight is 310 g/mol. The highest BCUT2D eigenvalue weighted by Gasteiger charge is 2.29. The smallest absolute Gasteiger partial charge is 0.293 e. The zero-order chi connectivity index (χ0) is 13.1. The maximum atomic E-state index is 12.1. The first-order valence-electron chi connectivity index (χ1n) is 4.82. The van der Waals surface area contributed by atoms with Crippen LogP contribution in [0, 0.1) is 0 Å². The number of rotatable bonds is 4. The van der Waals surface area contributed by atoms with Gasteiger partial charge in [-0.05, 0) is 19.2 Å². The van der Waals surface area contributed by atoms with Crippen LogP contribution in [0.25, 0.3) is 0 Å². The molecule has 0 unspecified atom stereocenters. The molecule has 94 valence electrons. The van der Waals surface area contributed by atoms with Gasteiger partial charge in [0.25, 0.3) is 0 Å². The quantitative estimate of drug-likeness (QED) is 0.797. The van der Waals surface area contributed by atoms with Gasteiger partial charge >= 0.3 is 6.18 Å². The van der Waals surface area contributed by atoms with E-state index in [1.165, 1.54) is 7.05 Å². The van der Waals surface area contributed by atoms with Crippen LogP contribution in [0.3, 0.4) is 0 Å². The van der Waals surface area contributed by atoms with Gasteiger partial charge in [0.1, 0.15) is 0 Å². The van der Waals surface area contributed by atoms with Crippen LogP contribution in [0.5, 0.6) is 0 Å². The van der Waals surface area contributed by atoms with Gasteiger partial charge in [0.2, 0.25) is 0 Å². The number of halogens is 4. The van der Waals surface area contributed by atoms with Gasteiger partial charge in [-0.15, -0.1) is 0 Å². The minimum absolute atomic E-state index is 0.249. The zero-order valence-corrected chi connectivity index (χ0v) is 10.7. The van der Waals surface area contributed by atoms with Crippen LogP contribution < -0.4 is 0 Å². The summed E-state index contributed by atoms with van der Waals surface area (Å²) >= 11 is 3.21. The number of benzene rings is 1. The minimum atomic E-state index is -4.28. The lowest BCUT2D eigenvalue weighted by Crippen LogP contribution is -2.34. The van der Waals surface area contributed by atoms with E-state index in [4.69, 9.17) is 0 Å². The van der Waals surface area contributed by atoms with Crippen molar-refractivity contribution in [1.29, 1.82) is 0 Å². The molecule has 2 nitrogen and oxygen atoms in total. The van der Waals surface area contributed by atoms with Crippen molar-refractivity contribution < 1.29 is 18.0 Å². The maximum absolute atomic E-state index is 12.1. The van der Waals surface area contributed by atoms with Gasteiger partial charge in [-0.1, -0.05) is 28.1 Å². The number of hydrogen-bond donors (Lipinski definition) is 0. The minimum Gasteiger partial charge on any atom is -0.293 e. The van der Waals surface area contributed by atoms with Gasteiger partial charge in [0.05, 0.1) is 13.1 Å². The Morgan fingerprint density at radius 1 is 1.29 bits per heavy atom. The van der Waals surface area contributed by atoms with Gasteiger partial charge in [-0.25, -0.2) is 0 Å². The molecule has 0 aliphatic carbocycles. The van der Waals surface area contributed by atoms with Gasteiger partial charge in [-0.3, -0.25) is 9.69 Å². The van der Waals surface area contributed by atoms with Crippen LogP contribution >= 0.6 is 15.9 Å². The number of nitrogens with zero attached hydrogens (tertiary/aromatic N) is 1. The van der Waals surface area contributed by atoms with E-state index in [2.05, 4.69) is 15.9 Å². The molecule has 1 rings (SSSR count). The van der Waals surface area contributed by atoms with Crippen molar-refractivity contribution >= 4 is 21.7 Å². The standard InChI is InChI=1S/C11H11BrF3NO/c1-16(7-11(13,14)15)6-10(17)8-2-4-9(12)5-3-8/h2-5H,6-7H2,1H3. The molecule has 1 aromatic carbocycles. The maximum Gasteiger partial charge on any atom is 0.401 e. The Kier molecular flexibility index (Phi) is 4.70. The fourth-order valence-electron chi connectivity index (χ4n) is 1.33. The lowest BCUT2D eigenvalue weighted by atomic mass is 10.1. The summed E-state index contributed by atoms with van der Waals surface area (Å²) in [7, 11) is 1.27. The van der Waals surface area contributed by atoms with Crippen LogP contribution in [-0.2, 0) is 0 Å². The van der Waals surface area contributed by atoms with Crippen LogP contribution in [0.2, 0.25) is 0 Å². The third kappa shape index (κ3) is 5.32. The molecule has 0 saturated heterocycles. The van der Waals surface area contributed by atoms with Gasteiger partial charge in [0, 0.05) is 10.0 Å². The normalized spacial score (nSPS) is 11.9. The van der Waals surface area contributed by atoms with Crippen LogP contribution in [-0.4, -0.2) is 37.0 Å². The van der Waals surface area contributed by atoms with E-state index in [9.17, 15) is 18.0 Å². The van der Waals surface area contributed by atoms with Crippen molar-refractivity contribution in [3.05, 3.63) is 34.3 Å². The van der Waals surface area contributed by atoms with E-state index in [0.29, 0.717) is 5.56 Å². The van der Waals surface area contributed by atoms with E-state index in [1.54, 1.807) is 24.3 Å². The number of carbonyl (C=O) groups excluding carboxylic acids is 1. The molecule has 6 heteroatoms. The van der Waals surface area contributed by atoms with Gasteiger partial charge in [0.15, 0.2) is 5.78 Å². The lowest BCUT2D eigenvalue weighted by molar-refractivity contribution is -0.141. The van der Waals surface area contributed by atoms with Crippen molar-refractivity contribution in [3.63, 3.8) is 0 Å². The third-order valence-electron chi connectivity index (χ3n) is 2.03. The van der Waals surface area contributed by atoms with Crippen molar-refractivity contribution in [2.24, 2.45) is 0 Å². The van der Waals surface area contributed by atoms with Gasteiger partial charge in [-0.2, -0.15) is 13.2 Å². The Hall–Kier alpha value is -0.880. The Morgan fingerprint density at radius 2 is 1.82 bits per heavy atom. The third-order valence-corrected chi connectivity index (χ3v) is 2.56. The predicted octanol–water partition coefficient (Wildman–Crippen LogP) is 3.13. The second kappa shape index (κ2) is 5.64. The Bertz CT molecular complexity index is 389. The summed E-state index contributed by atoms with van der Waals surface area (Å²) in [5.74, 6) is -0.329. The Labute approximate surface area is 106 Å². The molecule has 17 heavy (non-hydrogen) atoms. The first kappa shape index (κ1) is 14.2.